The Labute approximate surface area is 208 Å². The minimum atomic E-state index is -1.04. The molecule has 3 N–H and O–H groups in total. The summed E-state index contributed by atoms with van der Waals surface area (Å²) < 4.78 is 0. The predicted octanol–water partition coefficient (Wildman–Crippen LogP) is 5.99. The van der Waals surface area contributed by atoms with Crippen LogP contribution < -0.4 is 0 Å². The third-order valence-electron chi connectivity index (χ3n) is 9.06. The first-order valence-corrected chi connectivity index (χ1v) is 14.1. The summed E-state index contributed by atoms with van der Waals surface area (Å²) in [6, 6.07) is 2.01. The minimum absolute atomic E-state index is 0.294. The number of ketones is 1. The molecule has 0 spiro atoms. The smallest absolute Gasteiger partial charge is 0.172 e. The standard InChI is InChI=1S/C29H42O4S/c1-18-14-27(34-17-18)24(30)8-4-6-19(2)22-11-12-23-21(7-5-13-29(22,23)3)10-9-20-15-25(31)28(33)26(32)16-20/h9-10,14,17,19,22-23,25-26,28,31-33H,4-8,11-13,15-16H2,1-3H3/b20-9?,21-10+/t19-,22-,23+,25-,26-,28?,29-/m1/s1. The molecule has 3 saturated carbocycles. The summed E-state index contributed by atoms with van der Waals surface area (Å²) in [6.07, 6.45) is 11.3. The van der Waals surface area contributed by atoms with Crippen molar-refractivity contribution in [2.75, 3.05) is 0 Å². The summed E-state index contributed by atoms with van der Waals surface area (Å²) >= 11 is 1.57. The number of carbonyl (C=O) groups is 1. The number of carbonyl (C=O) groups excluding carboxylic acids is 1. The van der Waals surface area contributed by atoms with Crippen molar-refractivity contribution in [1.82, 2.24) is 0 Å². The van der Waals surface area contributed by atoms with Gasteiger partial charge in [0.2, 0.25) is 0 Å². The molecule has 3 aliphatic carbocycles. The fraction of sp³-hybridized carbons (Fsp3) is 0.690. The second kappa shape index (κ2) is 10.8. The number of aliphatic hydroxyl groups is 3. The number of Topliss-reactive ketones (excluding diaryl/α,β-unsaturated/α-hetero) is 1. The molecule has 3 fully saturated rings. The van der Waals surface area contributed by atoms with Crippen LogP contribution in [-0.2, 0) is 0 Å². The van der Waals surface area contributed by atoms with Crippen LogP contribution in [0.5, 0.6) is 0 Å². The number of fused-ring (bicyclic) bond motifs is 1. The monoisotopic (exact) mass is 486 g/mol. The van der Waals surface area contributed by atoms with E-state index in [0.29, 0.717) is 48.2 Å². The van der Waals surface area contributed by atoms with Gasteiger partial charge in [-0.2, -0.15) is 0 Å². The highest BCUT2D eigenvalue weighted by Gasteiger charge is 2.50. The average Bonchev–Trinajstić information content (AvgIpc) is 3.38. The number of hydrogen-bond donors (Lipinski definition) is 3. The van der Waals surface area contributed by atoms with Gasteiger partial charge in [-0.1, -0.05) is 37.1 Å². The third-order valence-corrected chi connectivity index (χ3v) is 10.1. The number of rotatable bonds is 7. The van der Waals surface area contributed by atoms with Gasteiger partial charge in [-0.05, 0) is 105 Å². The molecular weight excluding hydrogens is 444 g/mol. The largest absolute Gasteiger partial charge is 0.390 e. The molecule has 4 rings (SSSR count). The summed E-state index contributed by atoms with van der Waals surface area (Å²) in [4.78, 5) is 13.4. The van der Waals surface area contributed by atoms with Gasteiger partial charge in [-0.3, -0.25) is 4.79 Å². The molecule has 0 bridgehead atoms. The molecule has 6 atom stereocenters. The van der Waals surface area contributed by atoms with Crippen LogP contribution in [0.15, 0.2) is 34.7 Å². The molecule has 1 aromatic heterocycles. The maximum Gasteiger partial charge on any atom is 0.172 e. The second-order valence-electron chi connectivity index (χ2n) is 11.5. The summed E-state index contributed by atoms with van der Waals surface area (Å²) in [5.74, 6) is 2.21. The lowest BCUT2D eigenvalue weighted by Crippen LogP contribution is -2.41. The Morgan fingerprint density at radius 2 is 1.94 bits per heavy atom. The Bertz CT molecular complexity index is 916. The number of allylic oxidation sites excluding steroid dienone is 3. The molecular formula is C29H42O4S. The quantitative estimate of drug-likeness (QED) is 0.414. The van der Waals surface area contributed by atoms with Gasteiger partial charge in [0.25, 0.3) is 0 Å². The lowest BCUT2D eigenvalue weighted by Gasteiger charge is -2.44. The summed E-state index contributed by atoms with van der Waals surface area (Å²) in [6.45, 7) is 6.94. The van der Waals surface area contributed by atoms with Gasteiger partial charge >= 0.3 is 0 Å². The van der Waals surface area contributed by atoms with Crippen molar-refractivity contribution in [3.05, 3.63) is 45.2 Å². The zero-order valence-electron chi connectivity index (χ0n) is 21.0. The van der Waals surface area contributed by atoms with E-state index in [4.69, 9.17) is 0 Å². The van der Waals surface area contributed by atoms with Crippen LogP contribution in [-0.4, -0.2) is 39.4 Å². The third kappa shape index (κ3) is 5.43. The molecule has 3 aliphatic rings. The molecule has 0 aliphatic heterocycles. The molecule has 0 unspecified atom stereocenters. The van der Waals surface area contributed by atoms with Crippen LogP contribution in [0.1, 0.15) is 93.3 Å². The first-order valence-electron chi connectivity index (χ1n) is 13.2. The molecule has 1 aromatic rings. The van der Waals surface area contributed by atoms with E-state index in [-0.39, 0.29) is 0 Å². The Kier molecular flexibility index (Phi) is 8.18. The lowest BCUT2D eigenvalue weighted by molar-refractivity contribution is -0.0713. The van der Waals surface area contributed by atoms with E-state index in [9.17, 15) is 20.1 Å². The van der Waals surface area contributed by atoms with Crippen LogP contribution in [0.4, 0.5) is 0 Å². The van der Waals surface area contributed by atoms with E-state index in [1.807, 2.05) is 13.0 Å². The average molecular weight is 487 g/mol. The van der Waals surface area contributed by atoms with Crippen molar-refractivity contribution in [2.24, 2.45) is 23.2 Å². The Balaban J connectivity index is 1.36. The first kappa shape index (κ1) is 25.8. The summed E-state index contributed by atoms with van der Waals surface area (Å²) in [5, 5.41) is 31.9. The molecule has 5 heteroatoms. The van der Waals surface area contributed by atoms with Crippen LogP contribution in [0, 0.1) is 30.1 Å². The number of thiophene rings is 1. The maximum absolute atomic E-state index is 12.5. The maximum atomic E-state index is 12.5. The molecule has 188 valence electrons. The SMILES string of the molecule is Cc1csc(C(=O)CCC[C@@H](C)[C@H]2CC[C@H]3/C(=C/C=C4C[C@@H](O)C(O)[C@H](O)C4)CCC[C@]23C)c1. The van der Waals surface area contributed by atoms with Crippen molar-refractivity contribution in [3.63, 3.8) is 0 Å². The fourth-order valence-corrected chi connectivity index (χ4v) is 8.05. The van der Waals surface area contributed by atoms with Crippen molar-refractivity contribution < 1.29 is 20.1 Å². The topological polar surface area (TPSA) is 77.8 Å². The van der Waals surface area contributed by atoms with Gasteiger partial charge < -0.3 is 15.3 Å². The first-order chi connectivity index (χ1) is 16.2. The molecule has 0 radical (unpaired) electrons. The number of hydrogen-bond acceptors (Lipinski definition) is 5. The van der Waals surface area contributed by atoms with Gasteiger partial charge in [0, 0.05) is 6.42 Å². The van der Waals surface area contributed by atoms with Crippen LogP contribution in [0.25, 0.3) is 0 Å². The van der Waals surface area contributed by atoms with E-state index in [2.05, 4.69) is 31.4 Å². The normalized spacial score (nSPS) is 35.9. The second-order valence-corrected chi connectivity index (χ2v) is 12.4. The number of aliphatic hydroxyl groups excluding tert-OH is 3. The van der Waals surface area contributed by atoms with Crippen molar-refractivity contribution in [3.8, 4) is 0 Å². The zero-order valence-corrected chi connectivity index (χ0v) is 21.8. The molecule has 34 heavy (non-hydrogen) atoms. The van der Waals surface area contributed by atoms with Crippen LogP contribution >= 0.6 is 11.3 Å². The van der Waals surface area contributed by atoms with Gasteiger partial charge in [0.1, 0.15) is 6.10 Å². The van der Waals surface area contributed by atoms with Gasteiger partial charge in [-0.15, -0.1) is 11.3 Å². The molecule has 0 saturated heterocycles. The molecule has 0 amide bonds. The Hall–Kier alpha value is -1.27. The van der Waals surface area contributed by atoms with Crippen molar-refractivity contribution >= 4 is 17.1 Å². The van der Waals surface area contributed by atoms with Crippen molar-refractivity contribution in [2.45, 2.75) is 103 Å². The summed E-state index contributed by atoms with van der Waals surface area (Å²) in [5.41, 5.74) is 4.04. The Morgan fingerprint density at radius 1 is 1.21 bits per heavy atom. The van der Waals surface area contributed by atoms with E-state index in [0.717, 1.165) is 29.7 Å². The highest BCUT2D eigenvalue weighted by atomic mass is 32.1. The van der Waals surface area contributed by atoms with Gasteiger partial charge in [-0.25, -0.2) is 0 Å². The zero-order chi connectivity index (χ0) is 24.5. The Morgan fingerprint density at radius 3 is 2.62 bits per heavy atom. The highest BCUT2D eigenvalue weighted by molar-refractivity contribution is 7.12. The van der Waals surface area contributed by atoms with Crippen LogP contribution in [0.3, 0.4) is 0 Å². The molecule has 4 nitrogen and oxygen atoms in total. The molecule has 0 aromatic carbocycles. The van der Waals surface area contributed by atoms with Crippen LogP contribution in [0.2, 0.25) is 0 Å². The summed E-state index contributed by atoms with van der Waals surface area (Å²) in [7, 11) is 0. The molecule has 1 heterocycles. The highest BCUT2D eigenvalue weighted by Crippen LogP contribution is 2.59. The number of aryl methyl sites for hydroxylation is 1. The van der Waals surface area contributed by atoms with Gasteiger partial charge in [0.15, 0.2) is 5.78 Å². The predicted molar refractivity (Wildman–Crippen MR) is 138 cm³/mol. The van der Waals surface area contributed by atoms with E-state index >= 15 is 0 Å². The minimum Gasteiger partial charge on any atom is -0.390 e. The van der Waals surface area contributed by atoms with E-state index < -0.39 is 18.3 Å². The van der Waals surface area contributed by atoms with Crippen molar-refractivity contribution in [1.29, 1.82) is 0 Å². The van der Waals surface area contributed by atoms with E-state index in [1.54, 1.807) is 11.3 Å². The van der Waals surface area contributed by atoms with E-state index in [1.165, 1.54) is 36.8 Å². The fourth-order valence-electron chi connectivity index (χ4n) is 7.18. The lowest BCUT2D eigenvalue weighted by atomic mass is 9.60. The van der Waals surface area contributed by atoms with Gasteiger partial charge in [0.05, 0.1) is 17.1 Å².